The molecule has 0 aromatic heterocycles. The van der Waals surface area contributed by atoms with Crippen molar-refractivity contribution in [3.05, 3.63) is 0 Å². The number of amides is 1. The van der Waals surface area contributed by atoms with Gasteiger partial charge in [0, 0.05) is 69.6 Å². The summed E-state index contributed by atoms with van der Waals surface area (Å²) in [6.07, 6.45) is 40.0. The van der Waals surface area contributed by atoms with Gasteiger partial charge < -0.3 is 38.2 Å². The molecule has 0 aromatic rings. The van der Waals surface area contributed by atoms with Crippen LogP contribution in [0.2, 0.25) is 0 Å². The van der Waals surface area contributed by atoms with Gasteiger partial charge in [0.05, 0.1) is 13.2 Å². The lowest BCUT2D eigenvalue weighted by Gasteiger charge is -2.62. The third kappa shape index (κ3) is 33.9. The zero-order valence-electron chi connectivity index (χ0n) is 48.9. The van der Waals surface area contributed by atoms with Gasteiger partial charge in [0.25, 0.3) is 0 Å². The predicted molar refractivity (Wildman–Crippen MR) is 301 cm³/mol. The first kappa shape index (κ1) is 67.3. The highest BCUT2D eigenvalue weighted by Gasteiger charge is 2.61. The molecule has 0 atom stereocenters. The van der Waals surface area contributed by atoms with E-state index in [4.69, 9.17) is 28.4 Å². The van der Waals surface area contributed by atoms with E-state index in [1.807, 2.05) is 4.90 Å². The molecular weight excluding hydrogens is 917 g/mol. The molecule has 2 aliphatic heterocycles. The molecule has 11 heteroatoms. The van der Waals surface area contributed by atoms with Gasteiger partial charge in [-0.1, -0.05) is 196 Å². The summed E-state index contributed by atoms with van der Waals surface area (Å²) in [5.74, 6) is -0.291. The molecule has 0 aromatic carbocycles. The maximum atomic E-state index is 13.8. The summed E-state index contributed by atoms with van der Waals surface area (Å²) in [6.45, 7) is 20.6. The lowest BCUT2D eigenvalue weighted by atomic mass is 9.50. The highest BCUT2D eigenvalue weighted by Crippen LogP contribution is 2.59. The Hall–Kier alpha value is -1.79. The van der Waals surface area contributed by atoms with Crippen LogP contribution in [-0.2, 0) is 42.8 Å². The summed E-state index contributed by atoms with van der Waals surface area (Å²) in [5, 5.41) is 0. The lowest BCUT2D eigenvalue weighted by molar-refractivity contribution is -0.199. The van der Waals surface area contributed by atoms with Gasteiger partial charge in [-0.15, -0.1) is 0 Å². The van der Waals surface area contributed by atoms with E-state index in [1.54, 1.807) is 0 Å². The van der Waals surface area contributed by atoms with Crippen LogP contribution < -0.4 is 0 Å². The minimum atomic E-state index is -0.330. The normalized spacial score (nSPS) is 17.5. The van der Waals surface area contributed by atoms with Crippen molar-refractivity contribution >= 4 is 17.8 Å². The number of rotatable bonds is 54. The molecule has 1 saturated carbocycles. The van der Waals surface area contributed by atoms with Crippen molar-refractivity contribution in [1.82, 2.24) is 9.80 Å². The van der Waals surface area contributed by atoms with Crippen LogP contribution in [0, 0.1) is 10.8 Å². The molecule has 3 aliphatic rings. The quantitative estimate of drug-likeness (QED) is 0.0331. The van der Waals surface area contributed by atoms with Crippen LogP contribution in [-0.4, -0.2) is 113 Å². The SMILES string of the molecule is CCCCCCCCCOC(CCCC(=O)OCC12CN(C(=O)CCCN(CC)CC)CC(COC(=O)CCCC(OCCCCCCCCC)OCCCCCCCCC)(C1)C2)OCCCCCCCCC. The number of nitrogens with zero attached hydrogens (tertiary/aromatic N) is 2. The number of fused-ring (bicyclic) bond motifs is 2. The molecule has 73 heavy (non-hydrogen) atoms. The molecule has 11 nitrogen and oxygen atoms in total. The molecule has 0 radical (unpaired) electrons. The maximum absolute atomic E-state index is 13.8. The molecule has 2 saturated heterocycles. The van der Waals surface area contributed by atoms with Crippen molar-refractivity contribution in [2.75, 3.05) is 72.4 Å². The van der Waals surface area contributed by atoms with E-state index in [0.29, 0.717) is 84.5 Å². The third-order valence-corrected chi connectivity index (χ3v) is 15.6. The molecule has 0 N–H and O–H groups in total. The van der Waals surface area contributed by atoms with Crippen molar-refractivity contribution in [2.45, 2.75) is 298 Å². The Morgan fingerprint density at radius 3 is 1.04 bits per heavy atom. The molecule has 0 unspecified atom stereocenters. The topological polar surface area (TPSA) is 113 Å². The molecular formula is C62H118N2O9. The van der Waals surface area contributed by atoms with Crippen LogP contribution in [0.15, 0.2) is 0 Å². The van der Waals surface area contributed by atoms with Gasteiger partial charge in [-0.2, -0.15) is 0 Å². The largest absolute Gasteiger partial charge is 0.465 e. The first-order valence-electron chi connectivity index (χ1n) is 31.4. The summed E-state index contributed by atoms with van der Waals surface area (Å²) in [5.41, 5.74) is -0.660. The van der Waals surface area contributed by atoms with Crippen molar-refractivity contribution < 1.29 is 42.8 Å². The maximum Gasteiger partial charge on any atom is 0.305 e. The fraction of sp³-hybridized carbons (Fsp3) is 0.952. The zero-order valence-corrected chi connectivity index (χ0v) is 48.9. The number of hydrogen-bond donors (Lipinski definition) is 0. The Kier molecular flexibility index (Phi) is 41.7. The fourth-order valence-electron chi connectivity index (χ4n) is 11.2. The Morgan fingerprint density at radius 2 is 0.726 bits per heavy atom. The number of carbonyl (C=O) groups is 3. The highest BCUT2D eigenvalue weighted by molar-refractivity contribution is 5.77. The van der Waals surface area contributed by atoms with E-state index in [0.717, 1.165) is 64.6 Å². The Labute approximate surface area is 450 Å². The predicted octanol–water partition coefficient (Wildman–Crippen LogP) is 15.9. The fourth-order valence-corrected chi connectivity index (χ4v) is 11.2. The van der Waals surface area contributed by atoms with Gasteiger partial charge in [0.2, 0.25) is 5.91 Å². The summed E-state index contributed by atoms with van der Waals surface area (Å²) in [4.78, 5) is 44.8. The van der Waals surface area contributed by atoms with Crippen LogP contribution in [0.1, 0.15) is 286 Å². The smallest absolute Gasteiger partial charge is 0.305 e. The van der Waals surface area contributed by atoms with E-state index in [1.165, 1.54) is 154 Å². The van der Waals surface area contributed by atoms with Gasteiger partial charge in [-0.25, -0.2) is 0 Å². The zero-order chi connectivity index (χ0) is 52.9. The van der Waals surface area contributed by atoms with E-state index in [-0.39, 0.29) is 54.5 Å². The van der Waals surface area contributed by atoms with E-state index in [9.17, 15) is 14.4 Å². The number of unbranched alkanes of at least 4 members (excludes halogenated alkanes) is 24. The molecule has 2 bridgehead atoms. The van der Waals surface area contributed by atoms with Crippen molar-refractivity contribution in [1.29, 1.82) is 0 Å². The van der Waals surface area contributed by atoms with Gasteiger partial charge in [0.15, 0.2) is 12.6 Å². The van der Waals surface area contributed by atoms with Crippen LogP contribution >= 0.6 is 0 Å². The van der Waals surface area contributed by atoms with E-state index >= 15 is 0 Å². The summed E-state index contributed by atoms with van der Waals surface area (Å²) in [7, 11) is 0. The first-order chi connectivity index (χ1) is 35.7. The average molecular weight is 1040 g/mol. The molecule has 3 rings (SSSR count). The number of carbonyl (C=O) groups excluding carboxylic acids is 3. The minimum Gasteiger partial charge on any atom is -0.465 e. The van der Waals surface area contributed by atoms with Crippen LogP contribution in [0.3, 0.4) is 0 Å². The first-order valence-corrected chi connectivity index (χ1v) is 31.4. The van der Waals surface area contributed by atoms with Crippen molar-refractivity contribution in [3.8, 4) is 0 Å². The molecule has 1 aliphatic carbocycles. The molecule has 3 fully saturated rings. The number of piperidine rings is 2. The van der Waals surface area contributed by atoms with Gasteiger partial charge >= 0.3 is 11.9 Å². The van der Waals surface area contributed by atoms with Crippen LogP contribution in [0.25, 0.3) is 0 Å². The number of esters is 2. The highest BCUT2D eigenvalue weighted by atomic mass is 16.7. The molecule has 430 valence electrons. The van der Waals surface area contributed by atoms with Gasteiger partial charge in [0.1, 0.15) is 0 Å². The summed E-state index contributed by atoms with van der Waals surface area (Å²) < 4.78 is 37.2. The average Bonchev–Trinajstić information content (AvgIpc) is 3.38. The van der Waals surface area contributed by atoms with E-state index < -0.39 is 0 Å². The molecule has 2 heterocycles. The minimum absolute atomic E-state index is 0.135. The third-order valence-electron chi connectivity index (χ3n) is 15.6. The Morgan fingerprint density at radius 1 is 0.411 bits per heavy atom. The number of hydrogen-bond acceptors (Lipinski definition) is 10. The van der Waals surface area contributed by atoms with Crippen LogP contribution in [0.4, 0.5) is 0 Å². The number of ether oxygens (including phenoxy) is 6. The van der Waals surface area contributed by atoms with Gasteiger partial charge in [-0.3, -0.25) is 14.4 Å². The Balaban J connectivity index is 1.94. The van der Waals surface area contributed by atoms with E-state index in [2.05, 4.69) is 46.4 Å². The second-order valence-electron chi connectivity index (χ2n) is 22.7. The lowest BCUT2D eigenvalue weighted by Crippen LogP contribution is -2.67. The molecule has 1 amide bonds. The molecule has 0 spiro atoms. The second-order valence-corrected chi connectivity index (χ2v) is 22.7. The van der Waals surface area contributed by atoms with Crippen molar-refractivity contribution in [2.24, 2.45) is 10.8 Å². The monoisotopic (exact) mass is 1030 g/mol. The summed E-state index contributed by atoms with van der Waals surface area (Å²) >= 11 is 0. The van der Waals surface area contributed by atoms with Gasteiger partial charge in [-0.05, 0) is 90.3 Å². The summed E-state index contributed by atoms with van der Waals surface area (Å²) in [6, 6.07) is 0. The second kappa shape index (κ2) is 45.3. The Bertz CT molecular complexity index is 1190. The van der Waals surface area contributed by atoms with Crippen LogP contribution in [0.5, 0.6) is 0 Å². The standard InChI is InChI=1S/C62H118N2O9/c1-7-13-17-21-25-29-33-46-68-59(69-47-34-30-26-22-18-14-8-2)43-37-41-57(66)72-54-61-50-62(51-61,53-64(52-61)56(65)40-39-45-63(11-5)12-6)55-73-58(67)42-38-44-60(70-48-35-31-27-23-19-15-9-3)71-49-36-32-28-24-20-16-10-4/h59-60H,7-55H2,1-6H3. The van der Waals surface area contributed by atoms with Crippen molar-refractivity contribution in [3.63, 3.8) is 0 Å².